The number of ether oxygens (including phenoxy) is 2. The third kappa shape index (κ3) is 6.60. The van der Waals surface area contributed by atoms with Crippen LogP contribution in [0, 0.1) is 0 Å². The molecule has 0 radical (unpaired) electrons. The summed E-state index contributed by atoms with van der Waals surface area (Å²) < 4.78 is 37.2. The standard InChI is InChI=1S/C30H26ClN5O5S/c1-40-23-16-21(17-24(18-23)41-2)33-29-30(35-27-13-6-5-12-26(27)34-29)36(42(38)39)22-10-7-9-20(15-22)32-28(37)14-19-8-3-4-11-25(19)31/h3-13,15-18H,14H2,1-2H3,(H,32,37)(H,33,34)(H,38,39)/p-1. The topological polar surface area (TPSA) is 129 Å². The Hall–Kier alpha value is -4.71. The van der Waals surface area contributed by atoms with Gasteiger partial charge >= 0.3 is 0 Å². The molecule has 0 saturated heterocycles. The van der Waals surface area contributed by atoms with Gasteiger partial charge in [-0.1, -0.05) is 48.0 Å². The molecular weight excluding hydrogens is 578 g/mol. The molecule has 42 heavy (non-hydrogen) atoms. The number of fused-ring (bicyclic) bond motifs is 1. The lowest BCUT2D eigenvalue weighted by atomic mass is 10.1. The highest BCUT2D eigenvalue weighted by Gasteiger charge is 2.21. The van der Waals surface area contributed by atoms with Crippen molar-refractivity contribution in [3.8, 4) is 11.5 Å². The summed E-state index contributed by atoms with van der Waals surface area (Å²) in [4.78, 5) is 22.1. The summed E-state index contributed by atoms with van der Waals surface area (Å²) in [6, 6.07) is 25.8. The zero-order valence-corrected chi connectivity index (χ0v) is 24.1. The lowest BCUT2D eigenvalue weighted by Crippen LogP contribution is -2.23. The first kappa shape index (κ1) is 28.8. The molecule has 0 aliphatic rings. The van der Waals surface area contributed by atoms with Crippen LogP contribution in [0.25, 0.3) is 11.0 Å². The third-order valence-electron chi connectivity index (χ3n) is 6.18. The van der Waals surface area contributed by atoms with Gasteiger partial charge in [-0.2, -0.15) is 0 Å². The van der Waals surface area contributed by atoms with E-state index in [-0.39, 0.29) is 29.7 Å². The average Bonchev–Trinajstić information content (AvgIpc) is 2.98. The summed E-state index contributed by atoms with van der Waals surface area (Å²) in [6.07, 6.45) is 0.0509. The van der Waals surface area contributed by atoms with Crippen molar-refractivity contribution in [2.45, 2.75) is 6.42 Å². The minimum absolute atomic E-state index is 0.0170. The Morgan fingerprint density at radius 2 is 1.55 bits per heavy atom. The van der Waals surface area contributed by atoms with E-state index in [1.807, 2.05) is 6.07 Å². The molecule has 1 amide bonds. The smallest absolute Gasteiger partial charge is 0.228 e. The van der Waals surface area contributed by atoms with E-state index < -0.39 is 11.3 Å². The number of nitrogens with one attached hydrogen (secondary N) is 2. The highest BCUT2D eigenvalue weighted by atomic mass is 35.5. The van der Waals surface area contributed by atoms with Crippen LogP contribution in [0.2, 0.25) is 5.02 Å². The van der Waals surface area contributed by atoms with Gasteiger partial charge in [-0.05, 0) is 42.0 Å². The second-order valence-electron chi connectivity index (χ2n) is 8.99. The molecule has 4 aromatic carbocycles. The molecule has 0 fully saturated rings. The number of carbonyl (C=O) groups excluding carboxylic acids is 1. The van der Waals surface area contributed by atoms with Gasteiger partial charge in [-0.25, -0.2) is 9.97 Å². The monoisotopic (exact) mass is 602 g/mol. The van der Waals surface area contributed by atoms with Crippen LogP contribution in [0.5, 0.6) is 11.5 Å². The van der Waals surface area contributed by atoms with Crippen molar-refractivity contribution in [1.29, 1.82) is 0 Å². The summed E-state index contributed by atoms with van der Waals surface area (Å²) in [6.45, 7) is 0. The number of benzene rings is 4. The number of nitrogens with zero attached hydrogens (tertiary/aromatic N) is 3. The van der Waals surface area contributed by atoms with E-state index in [0.717, 1.165) is 4.31 Å². The second kappa shape index (κ2) is 12.9. The van der Waals surface area contributed by atoms with Crippen molar-refractivity contribution in [3.63, 3.8) is 0 Å². The molecule has 1 atom stereocenters. The van der Waals surface area contributed by atoms with Crippen LogP contribution in [-0.4, -0.2) is 38.9 Å². The number of para-hydroxylation sites is 2. The average molecular weight is 603 g/mol. The number of rotatable bonds is 10. The molecule has 1 unspecified atom stereocenters. The van der Waals surface area contributed by atoms with E-state index >= 15 is 0 Å². The zero-order valence-electron chi connectivity index (χ0n) is 22.5. The summed E-state index contributed by atoms with van der Waals surface area (Å²) in [7, 11) is 3.06. The number of amides is 1. The molecule has 0 aliphatic carbocycles. The maximum Gasteiger partial charge on any atom is 0.228 e. The van der Waals surface area contributed by atoms with Gasteiger partial charge in [-0.15, -0.1) is 0 Å². The minimum Gasteiger partial charge on any atom is -0.755 e. The number of carbonyl (C=O) groups is 1. The van der Waals surface area contributed by atoms with Gasteiger partial charge in [0.1, 0.15) is 11.5 Å². The quantitative estimate of drug-likeness (QED) is 0.182. The van der Waals surface area contributed by atoms with Crippen LogP contribution in [0.1, 0.15) is 5.56 Å². The molecule has 0 aliphatic heterocycles. The molecule has 5 aromatic rings. The number of anilines is 5. The molecular formula is C30H25ClN5O5S-. The van der Waals surface area contributed by atoms with Crippen molar-refractivity contribution < 1.29 is 23.0 Å². The van der Waals surface area contributed by atoms with E-state index in [2.05, 4.69) is 20.6 Å². The molecule has 12 heteroatoms. The van der Waals surface area contributed by atoms with Crippen molar-refractivity contribution in [1.82, 2.24) is 9.97 Å². The minimum atomic E-state index is -2.82. The zero-order chi connectivity index (χ0) is 29.6. The molecule has 0 saturated carbocycles. The SMILES string of the molecule is COc1cc(Nc2nc3ccccc3nc2N(c2cccc(NC(=O)Cc3ccccc3Cl)c2)S(=O)[O-])cc(OC)c1. The van der Waals surface area contributed by atoms with Crippen LogP contribution in [0.3, 0.4) is 0 Å². The second-order valence-corrected chi connectivity index (χ2v) is 10.2. The lowest BCUT2D eigenvalue weighted by Gasteiger charge is -2.27. The van der Waals surface area contributed by atoms with E-state index in [4.69, 9.17) is 21.1 Å². The largest absolute Gasteiger partial charge is 0.755 e. The first-order valence-corrected chi connectivity index (χ1v) is 14.1. The molecule has 214 valence electrons. The van der Waals surface area contributed by atoms with Crippen LogP contribution in [0.4, 0.5) is 28.7 Å². The molecule has 1 aromatic heterocycles. The van der Waals surface area contributed by atoms with E-state index in [9.17, 15) is 13.6 Å². The van der Waals surface area contributed by atoms with Gasteiger partial charge in [0.25, 0.3) is 0 Å². The summed E-state index contributed by atoms with van der Waals surface area (Å²) in [5.74, 6) is 0.924. The Kier molecular flexibility index (Phi) is 8.82. The van der Waals surface area contributed by atoms with Crippen LogP contribution in [0.15, 0.2) is 91.0 Å². The lowest BCUT2D eigenvalue weighted by molar-refractivity contribution is -0.115. The van der Waals surface area contributed by atoms with E-state index in [0.29, 0.717) is 44.5 Å². The van der Waals surface area contributed by atoms with Crippen LogP contribution >= 0.6 is 11.6 Å². The predicted octanol–water partition coefficient (Wildman–Crippen LogP) is 6.16. The van der Waals surface area contributed by atoms with Gasteiger partial charge in [0, 0.05) is 34.6 Å². The fourth-order valence-corrected chi connectivity index (χ4v) is 5.00. The molecule has 2 N–H and O–H groups in total. The number of hydrogen-bond acceptors (Lipinski definition) is 8. The van der Waals surface area contributed by atoms with Gasteiger partial charge in [0.05, 0.1) is 48.6 Å². The van der Waals surface area contributed by atoms with Crippen molar-refractivity contribution >= 4 is 68.5 Å². The van der Waals surface area contributed by atoms with Crippen LogP contribution < -0.4 is 24.4 Å². The summed E-state index contributed by atoms with van der Waals surface area (Å²) in [5.41, 5.74) is 2.87. The van der Waals surface area contributed by atoms with Crippen LogP contribution in [-0.2, 0) is 22.5 Å². The number of aromatic nitrogens is 2. The van der Waals surface area contributed by atoms with Crippen molar-refractivity contribution in [2.75, 3.05) is 29.2 Å². The Morgan fingerprint density at radius 3 is 2.21 bits per heavy atom. The maximum absolute atomic E-state index is 12.8. The highest BCUT2D eigenvalue weighted by molar-refractivity contribution is 7.81. The Morgan fingerprint density at radius 1 is 0.881 bits per heavy atom. The Labute approximate surface area is 249 Å². The van der Waals surface area contributed by atoms with E-state index in [1.165, 1.54) is 20.3 Å². The number of hydrogen-bond donors (Lipinski definition) is 2. The first-order valence-electron chi connectivity index (χ1n) is 12.6. The molecule has 10 nitrogen and oxygen atoms in total. The normalized spacial score (nSPS) is 11.5. The van der Waals surface area contributed by atoms with E-state index in [1.54, 1.807) is 78.9 Å². The van der Waals surface area contributed by atoms with Gasteiger partial charge in [0.2, 0.25) is 5.91 Å². The third-order valence-corrected chi connectivity index (χ3v) is 7.23. The van der Waals surface area contributed by atoms with Gasteiger partial charge in [0.15, 0.2) is 11.6 Å². The van der Waals surface area contributed by atoms with Gasteiger partial charge in [-0.3, -0.25) is 13.3 Å². The molecule has 1 heterocycles. The Balaban J connectivity index is 1.53. The fraction of sp³-hybridized carbons (Fsp3) is 0.100. The fourth-order valence-electron chi connectivity index (χ4n) is 4.24. The molecule has 0 spiro atoms. The maximum atomic E-state index is 12.8. The van der Waals surface area contributed by atoms with Crippen molar-refractivity contribution in [2.24, 2.45) is 0 Å². The number of methoxy groups -OCH3 is 2. The molecule has 5 rings (SSSR count). The summed E-state index contributed by atoms with van der Waals surface area (Å²) in [5, 5.41) is 6.46. The van der Waals surface area contributed by atoms with Gasteiger partial charge < -0.3 is 24.7 Å². The number of halogens is 1. The molecule has 0 bridgehead atoms. The van der Waals surface area contributed by atoms with Crippen molar-refractivity contribution in [3.05, 3.63) is 102 Å². The first-order chi connectivity index (χ1) is 20.3. The Bertz CT molecular complexity index is 1760. The summed E-state index contributed by atoms with van der Waals surface area (Å²) >= 11 is 3.38. The highest BCUT2D eigenvalue weighted by Crippen LogP contribution is 2.36. The predicted molar refractivity (Wildman–Crippen MR) is 164 cm³/mol.